The third-order valence-corrected chi connectivity index (χ3v) is 2.88. The Morgan fingerprint density at radius 1 is 1.43 bits per heavy atom. The summed E-state index contributed by atoms with van der Waals surface area (Å²) in [4.78, 5) is 22.0. The van der Waals surface area contributed by atoms with Gasteiger partial charge in [-0.05, 0) is 0 Å². The van der Waals surface area contributed by atoms with Crippen molar-refractivity contribution in [3.05, 3.63) is 0 Å². The average molecular weight is 200 g/mol. The molecule has 5 heteroatoms. The lowest BCUT2D eigenvalue weighted by molar-refractivity contribution is -0.159. The number of rotatable bonds is 1. The van der Waals surface area contributed by atoms with Gasteiger partial charge in [-0.1, -0.05) is 0 Å². The number of carbonyl (C=O) groups is 2. The molecule has 2 heterocycles. The maximum Gasteiger partial charge on any atom is 0.321 e. The first kappa shape index (κ1) is 9.45. The molecule has 14 heavy (non-hydrogen) atoms. The molecule has 2 aliphatic rings. The van der Waals surface area contributed by atoms with Crippen LogP contribution in [0, 0.1) is 5.92 Å². The SMILES string of the molecule is O=C(O)C1CC2(CCOCC2)OC1=O. The quantitative estimate of drug-likeness (QED) is 0.483. The van der Waals surface area contributed by atoms with Crippen LogP contribution in [0.2, 0.25) is 0 Å². The molecule has 1 N–H and O–H groups in total. The van der Waals surface area contributed by atoms with Crippen LogP contribution in [0.4, 0.5) is 0 Å². The second kappa shape index (κ2) is 3.24. The Bertz CT molecular complexity index is 266. The van der Waals surface area contributed by atoms with Crippen LogP contribution in [-0.2, 0) is 19.1 Å². The predicted molar refractivity (Wildman–Crippen MR) is 44.6 cm³/mol. The standard InChI is InChI=1S/C9H12O5/c10-7(11)6-5-9(14-8(6)12)1-3-13-4-2-9/h6H,1-5H2,(H,10,11). The van der Waals surface area contributed by atoms with Crippen LogP contribution in [0.1, 0.15) is 19.3 Å². The van der Waals surface area contributed by atoms with Gasteiger partial charge in [-0.25, -0.2) is 0 Å². The van der Waals surface area contributed by atoms with Crippen molar-refractivity contribution in [2.75, 3.05) is 13.2 Å². The van der Waals surface area contributed by atoms with Crippen molar-refractivity contribution in [2.45, 2.75) is 24.9 Å². The molecule has 0 aliphatic carbocycles. The molecule has 0 radical (unpaired) electrons. The largest absolute Gasteiger partial charge is 0.481 e. The van der Waals surface area contributed by atoms with Gasteiger partial charge in [0, 0.05) is 19.3 Å². The summed E-state index contributed by atoms with van der Waals surface area (Å²) in [7, 11) is 0. The Balaban J connectivity index is 2.10. The summed E-state index contributed by atoms with van der Waals surface area (Å²) in [5.74, 6) is -2.66. The molecular weight excluding hydrogens is 188 g/mol. The third-order valence-electron chi connectivity index (χ3n) is 2.88. The van der Waals surface area contributed by atoms with E-state index in [1.54, 1.807) is 0 Å². The van der Waals surface area contributed by atoms with Crippen molar-refractivity contribution in [3.63, 3.8) is 0 Å². The average Bonchev–Trinajstić information content (AvgIpc) is 2.44. The van der Waals surface area contributed by atoms with Gasteiger partial charge in [0.05, 0.1) is 13.2 Å². The van der Waals surface area contributed by atoms with Crippen LogP contribution in [0.15, 0.2) is 0 Å². The summed E-state index contributed by atoms with van der Waals surface area (Å²) >= 11 is 0. The van der Waals surface area contributed by atoms with Gasteiger partial charge >= 0.3 is 11.9 Å². The highest BCUT2D eigenvalue weighted by molar-refractivity contribution is 5.95. The zero-order valence-electron chi connectivity index (χ0n) is 7.69. The molecule has 5 nitrogen and oxygen atoms in total. The lowest BCUT2D eigenvalue weighted by atomic mass is 9.87. The van der Waals surface area contributed by atoms with Gasteiger partial charge in [0.1, 0.15) is 5.60 Å². The maximum absolute atomic E-state index is 11.2. The van der Waals surface area contributed by atoms with Crippen LogP contribution >= 0.6 is 0 Å². The highest BCUT2D eigenvalue weighted by atomic mass is 16.6. The highest BCUT2D eigenvalue weighted by Crippen LogP contribution is 2.38. The van der Waals surface area contributed by atoms with E-state index in [1.165, 1.54) is 0 Å². The number of aliphatic carboxylic acids is 1. The molecule has 1 unspecified atom stereocenters. The number of ether oxygens (including phenoxy) is 2. The minimum Gasteiger partial charge on any atom is -0.481 e. The van der Waals surface area contributed by atoms with E-state index < -0.39 is 23.5 Å². The Morgan fingerprint density at radius 2 is 2.07 bits per heavy atom. The third kappa shape index (κ3) is 1.48. The van der Waals surface area contributed by atoms with Crippen LogP contribution in [0.3, 0.4) is 0 Å². The molecule has 2 saturated heterocycles. The molecule has 78 valence electrons. The van der Waals surface area contributed by atoms with Crippen molar-refractivity contribution in [1.82, 2.24) is 0 Å². The lowest BCUT2D eigenvalue weighted by Crippen LogP contribution is -2.36. The molecule has 2 fully saturated rings. The minimum atomic E-state index is -1.08. The van der Waals surface area contributed by atoms with E-state index in [2.05, 4.69) is 0 Å². The lowest BCUT2D eigenvalue weighted by Gasteiger charge is -2.31. The van der Waals surface area contributed by atoms with Gasteiger partial charge in [0.15, 0.2) is 5.92 Å². The van der Waals surface area contributed by atoms with Crippen LogP contribution in [0.5, 0.6) is 0 Å². The van der Waals surface area contributed by atoms with Crippen LogP contribution in [0.25, 0.3) is 0 Å². The number of carbonyl (C=O) groups excluding carboxylic acids is 1. The van der Waals surface area contributed by atoms with Crippen LogP contribution < -0.4 is 0 Å². The monoisotopic (exact) mass is 200 g/mol. The summed E-state index contributed by atoms with van der Waals surface area (Å²) in [5.41, 5.74) is -0.557. The predicted octanol–water partition coefficient (Wildman–Crippen LogP) is 0.183. The van der Waals surface area contributed by atoms with Crippen molar-refractivity contribution in [2.24, 2.45) is 5.92 Å². The van der Waals surface area contributed by atoms with E-state index in [9.17, 15) is 9.59 Å². The number of esters is 1. The molecule has 2 aliphatic heterocycles. The Hall–Kier alpha value is -1.10. The van der Waals surface area contributed by atoms with Crippen molar-refractivity contribution >= 4 is 11.9 Å². The Morgan fingerprint density at radius 3 is 2.57 bits per heavy atom. The smallest absolute Gasteiger partial charge is 0.321 e. The molecule has 1 atom stereocenters. The van der Waals surface area contributed by atoms with E-state index in [4.69, 9.17) is 14.6 Å². The first-order valence-corrected chi connectivity index (χ1v) is 4.66. The van der Waals surface area contributed by atoms with Crippen molar-refractivity contribution in [3.8, 4) is 0 Å². The molecular formula is C9H12O5. The van der Waals surface area contributed by atoms with E-state index in [0.717, 1.165) is 0 Å². The normalized spacial score (nSPS) is 30.3. The topological polar surface area (TPSA) is 72.8 Å². The highest BCUT2D eigenvalue weighted by Gasteiger charge is 2.50. The molecule has 0 amide bonds. The molecule has 0 aromatic rings. The van der Waals surface area contributed by atoms with E-state index in [1.807, 2.05) is 0 Å². The fourth-order valence-electron chi connectivity index (χ4n) is 2.02. The number of carboxylic acids is 1. The summed E-state index contributed by atoms with van der Waals surface area (Å²) in [6.07, 6.45) is 1.52. The summed E-state index contributed by atoms with van der Waals surface area (Å²) in [6.45, 7) is 1.08. The molecule has 0 bridgehead atoms. The van der Waals surface area contributed by atoms with E-state index in [0.29, 0.717) is 32.5 Å². The van der Waals surface area contributed by atoms with E-state index >= 15 is 0 Å². The van der Waals surface area contributed by atoms with Gasteiger partial charge in [0.2, 0.25) is 0 Å². The zero-order valence-corrected chi connectivity index (χ0v) is 7.69. The van der Waals surface area contributed by atoms with Gasteiger partial charge in [-0.3, -0.25) is 9.59 Å². The first-order chi connectivity index (χ1) is 6.63. The molecule has 0 aromatic carbocycles. The zero-order chi connectivity index (χ0) is 10.2. The van der Waals surface area contributed by atoms with Crippen molar-refractivity contribution in [1.29, 1.82) is 0 Å². The molecule has 0 saturated carbocycles. The minimum absolute atomic E-state index is 0.296. The van der Waals surface area contributed by atoms with E-state index in [-0.39, 0.29) is 0 Å². The summed E-state index contributed by atoms with van der Waals surface area (Å²) in [6, 6.07) is 0. The number of carboxylic acid groups (broad SMARTS) is 1. The Kier molecular flexibility index (Phi) is 2.19. The molecule has 0 aromatic heterocycles. The van der Waals surface area contributed by atoms with Gasteiger partial charge in [-0.2, -0.15) is 0 Å². The summed E-state index contributed by atoms with van der Waals surface area (Å²) < 4.78 is 10.3. The molecule has 2 rings (SSSR count). The maximum atomic E-state index is 11.2. The number of hydrogen-bond donors (Lipinski definition) is 1. The van der Waals surface area contributed by atoms with Crippen molar-refractivity contribution < 1.29 is 24.2 Å². The van der Waals surface area contributed by atoms with Crippen LogP contribution in [-0.4, -0.2) is 35.9 Å². The fourth-order valence-corrected chi connectivity index (χ4v) is 2.02. The van der Waals surface area contributed by atoms with Gasteiger partial charge < -0.3 is 14.6 Å². The summed E-state index contributed by atoms with van der Waals surface area (Å²) in [5, 5.41) is 8.77. The number of hydrogen-bond acceptors (Lipinski definition) is 4. The fraction of sp³-hybridized carbons (Fsp3) is 0.778. The Labute approximate surface area is 81.0 Å². The second-order valence-corrected chi connectivity index (χ2v) is 3.81. The first-order valence-electron chi connectivity index (χ1n) is 4.66. The second-order valence-electron chi connectivity index (χ2n) is 3.81. The van der Waals surface area contributed by atoms with Gasteiger partial charge in [-0.15, -0.1) is 0 Å². The van der Waals surface area contributed by atoms with Gasteiger partial charge in [0.25, 0.3) is 0 Å². The molecule has 1 spiro atoms.